The second kappa shape index (κ2) is 8.73. The van der Waals surface area contributed by atoms with E-state index in [2.05, 4.69) is 0 Å². The van der Waals surface area contributed by atoms with E-state index in [0.717, 1.165) is 30.4 Å². The van der Waals surface area contributed by atoms with E-state index in [4.69, 9.17) is 4.74 Å². The number of carbonyl (C=O) groups is 1. The average Bonchev–Trinajstić information content (AvgIpc) is 3.08. The van der Waals surface area contributed by atoms with Crippen LogP contribution < -0.4 is 0 Å². The Bertz CT molecular complexity index is 1140. The summed E-state index contributed by atoms with van der Waals surface area (Å²) in [4.78, 5) is 13.2. The molecule has 2 aliphatic rings. The van der Waals surface area contributed by atoms with Gasteiger partial charge in [-0.25, -0.2) is 8.42 Å². The minimum absolute atomic E-state index is 0.260. The third kappa shape index (κ3) is 4.51. The van der Waals surface area contributed by atoms with Gasteiger partial charge >= 0.3 is 5.97 Å². The largest absolute Gasteiger partial charge is 0.429 e. The van der Waals surface area contributed by atoms with Crippen molar-refractivity contribution in [2.75, 3.05) is 0 Å². The summed E-state index contributed by atoms with van der Waals surface area (Å²) in [5, 5.41) is 0. The van der Waals surface area contributed by atoms with E-state index >= 15 is 0 Å². The summed E-state index contributed by atoms with van der Waals surface area (Å²) in [6.45, 7) is 7.35. The fourth-order valence-electron chi connectivity index (χ4n) is 4.79. The van der Waals surface area contributed by atoms with E-state index in [0.29, 0.717) is 18.6 Å². The van der Waals surface area contributed by atoms with E-state index in [1.54, 1.807) is 37.2 Å². The van der Waals surface area contributed by atoms with Gasteiger partial charge in [0, 0.05) is 0 Å². The molecule has 33 heavy (non-hydrogen) atoms. The maximum atomic E-state index is 14.2. The quantitative estimate of drug-likeness (QED) is 0.524. The summed E-state index contributed by atoms with van der Waals surface area (Å²) in [5.41, 5.74) is 0.380. The van der Waals surface area contributed by atoms with Crippen LogP contribution in [0.15, 0.2) is 71.3 Å². The van der Waals surface area contributed by atoms with Crippen LogP contribution >= 0.6 is 0 Å². The molecule has 1 aliphatic carbocycles. The third-order valence-corrected chi connectivity index (χ3v) is 8.55. The molecule has 2 aromatic rings. The Morgan fingerprint density at radius 2 is 1.58 bits per heavy atom. The number of esters is 1. The van der Waals surface area contributed by atoms with Gasteiger partial charge in [0.05, 0.1) is 15.8 Å². The van der Waals surface area contributed by atoms with Gasteiger partial charge in [-0.15, -0.1) is 0 Å². The lowest BCUT2D eigenvalue weighted by atomic mass is 9.82. The molecule has 4 rings (SSSR count). The van der Waals surface area contributed by atoms with Crippen LogP contribution in [0.3, 0.4) is 0 Å². The zero-order chi connectivity index (χ0) is 23.9. The van der Waals surface area contributed by atoms with Gasteiger partial charge in [0.1, 0.15) is 11.8 Å². The molecular weight excluding hydrogens is 434 g/mol. The fourth-order valence-corrected chi connectivity index (χ4v) is 6.72. The topological polar surface area (TPSA) is 63.7 Å². The minimum Gasteiger partial charge on any atom is -0.429 e. The number of hydrogen-bond donors (Lipinski definition) is 0. The molecule has 0 N–H and O–H groups in total. The molecule has 176 valence electrons. The average molecular weight is 468 g/mol. The first-order valence-electron chi connectivity index (χ1n) is 11.7. The van der Waals surface area contributed by atoms with Crippen molar-refractivity contribution < 1.29 is 17.9 Å². The van der Waals surface area contributed by atoms with E-state index in [-0.39, 0.29) is 10.9 Å². The first-order valence-corrected chi connectivity index (χ1v) is 13.1. The van der Waals surface area contributed by atoms with Crippen LogP contribution in [0.25, 0.3) is 0 Å². The van der Waals surface area contributed by atoms with Crippen LogP contribution in [0.2, 0.25) is 0 Å². The summed E-state index contributed by atoms with van der Waals surface area (Å²) >= 11 is 0. The number of carbonyl (C=O) groups excluding carboxylic acids is 1. The number of rotatable bonds is 4. The molecule has 0 amide bonds. The minimum atomic E-state index is -3.88. The van der Waals surface area contributed by atoms with Crippen molar-refractivity contribution in [2.45, 2.75) is 76.3 Å². The van der Waals surface area contributed by atoms with Crippen LogP contribution in [0.1, 0.15) is 70.0 Å². The standard InChI is InChI=1S/C27H33NO4S/c1-20-13-15-22(16-14-20)33(30,31)28-24(21-11-7-5-8-12-21)23(32-25(29)26(2,3)4)19-27(28)17-9-6-10-18-27/h5,7-8,11-16,19,24H,6,9-10,17-18H2,1-4H3. The normalized spacial score (nSPS) is 21.1. The Morgan fingerprint density at radius 3 is 2.15 bits per heavy atom. The summed E-state index contributed by atoms with van der Waals surface area (Å²) < 4.78 is 36.0. The maximum Gasteiger partial charge on any atom is 0.316 e. The zero-order valence-electron chi connectivity index (χ0n) is 19.9. The molecule has 0 radical (unpaired) electrons. The number of sulfonamides is 1. The van der Waals surface area contributed by atoms with Gasteiger partial charge in [-0.1, -0.05) is 67.3 Å². The zero-order valence-corrected chi connectivity index (χ0v) is 20.7. The molecule has 0 saturated heterocycles. The molecule has 1 atom stereocenters. The summed E-state index contributed by atoms with van der Waals surface area (Å²) in [6, 6.07) is 15.8. The molecule has 0 bridgehead atoms. The van der Waals surface area contributed by atoms with Gasteiger partial charge < -0.3 is 4.74 Å². The lowest BCUT2D eigenvalue weighted by molar-refractivity contribution is -0.149. The number of hydrogen-bond acceptors (Lipinski definition) is 4. The smallest absolute Gasteiger partial charge is 0.316 e. The highest BCUT2D eigenvalue weighted by Gasteiger charge is 2.54. The predicted octanol–water partition coefficient (Wildman–Crippen LogP) is 5.92. The maximum absolute atomic E-state index is 14.2. The number of ether oxygens (including phenoxy) is 1. The molecule has 1 saturated carbocycles. The SMILES string of the molecule is Cc1ccc(S(=O)(=O)N2C(c3ccccc3)C(OC(=O)C(C)(C)C)=CC23CCCCC3)cc1. The Labute approximate surface area is 197 Å². The van der Waals surface area contributed by atoms with Crippen LogP contribution in [0, 0.1) is 12.3 Å². The third-order valence-electron chi connectivity index (χ3n) is 6.59. The van der Waals surface area contributed by atoms with Crippen molar-refractivity contribution in [1.82, 2.24) is 4.31 Å². The summed E-state index contributed by atoms with van der Waals surface area (Å²) in [7, 11) is -3.88. The van der Waals surface area contributed by atoms with Crippen LogP contribution in [-0.4, -0.2) is 24.2 Å². The summed E-state index contributed by atoms with van der Waals surface area (Å²) in [6.07, 6.45) is 6.27. The van der Waals surface area contributed by atoms with Crippen molar-refractivity contribution in [3.05, 3.63) is 77.6 Å². The molecule has 1 heterocycles. The van der Waals surface area contributed by atoms with E-state index < -0.39 is 27.0 Å². The number of nitrogens with zero attached hydrogens (tertiary/aromatic N) is 1. The van der Waals surface area contributed by atoms with Gasteiger partial charge in [0.2, 0.25) is 10.0 Å². The van der Waals surface area contributed by atoms with Gasteiger partial charge in [0.15, 0.2) is 0 Å². The van der Waals surface area contributed by atoms with E-state index in [9.17, 15) is 13.2 Å². The van der Waals surface area contributed by atoms with Crippen LogP contribution in [0.5, 0.6) is 0 Å². The Hall–Kier alpha value is -2.44. The highest BCUT2D eigenvalue weighted by Crippen LogP contribution is 2.52. The Balaban J connectivity index is 1.89. The molecule has 1 spiro atoms. The molecule has 1 aliphatic heterocycles. The molecule has 5 nitrogen and oxygen atoms in total. The molecule has 1 fully saturated rings. The van der Waals surface area contributed by atoms with Crippen LogP contribution in [-0.2, 0) is 19.6 Å². The first kappa shape index (κ1) is 23.7. The molecular formula is C27H33NO4S. The molecule has 0 aromatic heterocycles. The van der Waals surface area contributed by atoms with Crippen LogP contribution in [0.4, 0.5) is 0 Å². The van der Waals surface area contributed by atoms with Gasteiger partial charge in [-0.05, 0) is 64.3 Å². The van der Waals surface area contributed by atoms with Crippen molar-refractivity contribution in [3.63, 3.8) is 0 Å². The van der Waals surface area contributed by atoms with E-state index in [1.165, 1.54) is 0 Å². The Morgan fingerprint density at radius 1 is 0.970 bits per heavy atom. The number of benzene rings is 2. The summed E-state index contributed by atoms with van der Waals surface area (Å²) in [5.74, 6) is 0.0499. The monoisotopic (exact) mass is 467 g/mol. The lowest BCUT2D eigenvalue weighted by Gasteiger charge is -2.42. The fraction of sp³-hybridized carbons (Fsp3) is 0.444. The van der Waals surface area contributed by atoms with Gasteiger partial charge in [-0.3, -0.25) is 4.79 Å². The molecule has 2 aromatic carbocycles. The van der Waals surface area contributed by atoms with Crippen molar-refractivity contribution >= 4 is 16.0 Å². The first-order chi connectivity index (χ1) is 15.5. The van der Waals surface area contributed by atoms with Crippen molar-refractivity contribution in [1.29, 1.82) is 0 Å². The predicted molar refractivity (Wildman–Crippen MR) is 129 cm³/mol. The van der Waals surface area contributed by atoms with E-state index in [1.807, 2.05) is 55.5 Å². The molecule has 6 heteroatoms. The number of aryl methyl sites for hydroxylation is 1. The highest BCUT2D eigenvalue weighted by atomic mass is 32.2. The lowest BCUT2D eigenvalue weighted by Crippen LogP contribution is -2.49. The Kier molecular flexibility index (Phi) is 6.27. The van der Waals surface area contributed by atoms with Crippen molar-refractivity contribution in [3.8, 4) is 0 Å². The molecule has 1 unspecified atom stereocenters. The van der Waals surface area contributed by atoms with Gasteiger partial charge in [0.25, 0.3) is 0 Å². The highest BCUT2D eigenvalue weighted by molar-refractivity contribution is 7.89. The second-order valence-corrected chi connectivity index (χ2v) is 12.1. The van der Waals surface area contributed by atoms with Crippen molar-refractivity contribution in [2.24, 2.45) is 5.41 Å². The van der Waals surface area contributed by atoms with Gasteiger partial charge in [-0.2, -0.15) is 4.31 Å². The second-order valence-electron chi connectivity index (χ2n) is 10.3.